The Balaban J connectivity index is 2.14. The summed E-state index contributed by atoms with van der Waals surface area (Å²) in [5.41, 5.74) is 8.25. The molecule has 1 aliphatic heterocycles. The van der Waals surface area contributed by atoms with Gasteiger partial charge in [-0.1, -0.05) is 36.8 Å². The second kappa shape index (κ2) is 6.17. The van der Waals surface area contributed by atoms with Crippen LogP contribution < -0.4 is 11.1 Å². The summed E-state index contributed by atoms with van der Waals surface area (Å²) in [6.45, 7) is 7.01. The fraction of sp³-hybridized carbons (Fsp3) is 0.533. The minimum absolute atomic E-state index is 0.0546. The summed E-state index contributed by atoms with van der Waals surface area (Å²) in [5, 5.41) is 2.96. The van der Waals surface area contributed by atoms with E-state index < -0.39 is 0 Å². The van der Waals surface area contributed by atoms with Crippen LogP contribution >= 0.6 is 0 Å². The van der Waals surface area contributed by atoms with Gasteiger partial charge in [-0.3, -0.25) is 9.69 Å². The highest BCUT2D eigenvalue weighted by Gasteiger charge is 2.29. The summed E-state index contributed by atoms with van der Waals surface area (Å²) in [7, 11) is 0. The number of rotatable bonds is 3. The van der Waals surface area contributed by atoms with E-state index in [9.17, 15) is 4.79 Å². The van der Waals surface area contributed by atoms with Crippen molar-refractivity contribution < 1.29 is 4.79 Å². The van der Waals surface area contributed by atoms with Gasteiger partial charge in [-0.2, -0.15) is 0 Å². The van der Waals surface area contributed by atoms with Crippen LogP contribution in [0.1, 0.15) is 18.1 Å². The van der Waals surface area contributed by atoms with Crippen molar-refractivity contribution >= 4 is 5.91 Å². The van der Waals surface area contributed by atoms with Crippen molar-refractivity contribution in [3.8, 4) is 0 Å². The second-order valence-corrected chi connectivity index (χ2v) is 5.52. The topological polar surface area (TPSA) is 58.4 Å². The molecule has 3 N–H and O–H groups in total. The highest BCUT2D eigenvalue weighted by Crippen LogP contribution is 2.14. The highest BCUT2D eigenvalue weighted by atomic mass is 16.2. The third-order valence-electron chi connectivity index (χ3n) is 3.64. The standard InChI is InChI=1S/C15H23N3O/c1-11-3-5-13(6-4-11)10-18-9-12(2)8-17-15(19)14(18)7-16/h3-6,12,14H,7-10,16H2,1-2H3,(H,17,19). The molecule has 4 nitrogen and oxygen atoms in total. The van der Waals surface area contributed by atoms with Gasteiger partial charge in [0.05, 0.1) is 0 Å². The van der Waals surface area contributed by atoms with E-state index in [0.29, 0.717) is 12.5 Å². The minimum Gasteiger partial charge on any atom is -0.354 e. The average Bonchev–Trinajstić information content (AvgIpc) is 2.52. The van der Waals surface area contributed by atoms with Gasteiger partial charge in [-0.15, -0.1) is 0 Å². The Morgan fingerprint density at radius 2 is 2.05 bits per heavy atom. The third kappa shape index (κ3) is 3.55. The molecule has 2 atom stereocenters. The molecule has 1 aromatic rings. The van der Waals surface area contributed by atoms with Gasteiger partial charge in [0.2, 0.25) is 5.91 Å². The molecule has 0 aromatic heterocycles. The van der Waals surface area contributed by atoms with Crippen LogP contribution in [0.3, 0.4) is 0 Å². The maximum Gasteiger partial charge on any atom is 0.238 e. The summed E-state index contributed by atoms with van der Waals surface area (Å²) < 4.78 is 0. The van der Waals surface area contributed by atoms with Crippen molar-refractivity contribution in [2.24, 2.45) is 11.7 Å². The summed E-state index contributed by atoms with van der Waals surface area (Å²) in [5.74, 6) is 0.505. The summed E-state index contributed by atoms with van der Waals surface area (Å²) in [4.78, 5) is 14.2. The van der Waals surface area contributed by atoms with Crippen LogP contribution in [0.15, 0.2) is 24.3 Å². The van der Waals surface area contributed by atoms with Crippen LogP contribution in [-0.2, 0) is 11.3 Å². The van der Waals surface area contributed by atoms with Gasteiger partial charge in [-0.05, 0) is 18.4 Å². The zero-order chi connectivity index (χ0) is 13.8. The van der Waals surface area contributed by atoms with Crippen LogP contribution in [0, 0.1) is 12.8 Å². The minimum atomic E-state index is -0.216. The second-order valence-electron chi connectivity index (χ2n) is 5.52. The van der Waals surface area contributed by atoms with Crippen molar-refractivity contribution in [2.45, 2.75) is 26.4 Å². The Bertz CT molecular complexity index is 430. The zero-order valence-corrected chi connectivity index (χ0v) is 11.7. The fourth-order valence-corrected chi connectivity index (χ4v) is 2.51. The molecular formula is C15H23N3O. The molecular weight excluding hydrogens is 238 g/mol. The Morgan fingerprint density at radius 1 is 1.37 bits per heavy atom. The zero-order valence-electron chi connectivity index (χ0n) is 11.7. The van der Waals surface area contributed by atoms with Gasteiger partial charge in [-0.25, -0.2) is 0 Å². The molecule has 2 rings (SSSR count). The SMILES string of the molecule is Cc1ccc(CN2CC(C)CNC(=O)C2CN)cc1. The van der Waals surface area contributed by atoms with Gasteiger partial charge in [0.25, 0.3) is 0 Å². The molecule has 1 fully saturated rings. The van der Waals surface area contributed by atoms with E-state index in [0.717, 1.165) is 19.6 Å². The number of nitrogens with one attached hydrogen (secondary N) is 1. The van der Waals surface area contributed by atoms with Crippen molar-refractivity contribution in [3.63, 3.8) is 0 Å². The van der Waals surface area contributed by atoms with Gasteiger partial charge in [0, 0.05) is 26.2 Å². The van der Waals surface area contributed by atoms with Crippen molar-refractivity contribution in [1.29, 1.82) is 0 Å². The number of hydrogen-bond acceptors (Lipinski definition) is 3. The van der Waals surface area contributed by atoms with Crippen LogP contribution in [0.5, 0.6) is 0 Å². The van der Waals surface area contributed by atoms with Crippen LogP contribution in [0.2, 0.25) is 0 Å². The maximum atomic E-state index is 12.0. The van der Waals surface area contributed by atoms with E-state index in [1.807, 2.05) is 0 Å². The largest absolute Gasteiger partial charge is 0.354 e. The van der Waals surface area contributed by atoms with Gasteiger partial charge >= 0.3 is 0 Å². The number of amides is 1. The number of nitrogens with zero attached hydrogens (tertiary/aromatic N) is 1. The monoisotopic (exact) mass is 261 g/mol. The smallest absolute Gasteiger partial charge is 0.238 e. The lowest BCUT2D eigenvalue weighted by Gasteiger charge is -2.28. The first-order chi connectivity index (χ1) is 9.10. The lowest BCUT2D eigenvalue weighted by Crippen LogP contribution is -2.48. The van der Waals surface area contributed by atoms with E-state index in [1.54, 1.807) is 0 Å². The Labute approximate surface area is 115 Å². The molecule has 0 saturated carbocycles. The lowest BCUT2D eigenvalue weighted by atomic mass is 10.1. The number of carbonyl (C=O) groups is 1. The first-order valence-corrected chi connectivity index (χ1v) is 6.87. The summed E-state index contributed by atoms with van der Waals surface area (Å²) >= 11 is 0. The van der Waals surface area contributed by atoms with E-state index in [1.165, 1.54) is 11.1 Å². The Morgan fingerprint density at radius 3 is 2.68 bits per heavy atom. The van der Waals surface area contributed by atoms with Crippen LogP contribution in [-0.4, -0.2) is 36.5 Å². The lowest BCUT2D eigenvalue weighted by molar-refractivity contribution is -0.125. The predicted molar refractivity (Wildman–Crippen MR) is 76.6 cm³/mol. The van der Waals surface area contributed by atoms with Crippen molar-refractivity contribution in [3.05, 3.63) is 35.4 Å². The molecule has 0 spiro atoms. The molecule has 1 saturated heterocycles. The van der Waals surface area contributed by atoms with E-state index in [-0.39, 0.29) is 11.9 Å². The number of carbonyl (C=O) groups excluding carboxylic acids is 1. The first-order valence-electron chi connectivity index (χ1n) is 6.87. The van der Waals surface area contributed by atoms with Gasteiger partial charge < -0.3 is 11.1 Å². The molecule has 1 aliphatic rings. The van der Waals surface area contributed by atoms with Crippen LogP contribution in [0.4, 0.5) is 0 Å². The molecule has 19 heavy (non-hydrogen) atoms. The van der Waals surface area contributed by atoms with E-state index in [4.69, 9.17) is 5.73 Å². The maximum absolute atomic E-state index is 12.0. The molecule has 2 unspecified atom stereocenters. The molecule has 1 aromatic carbocycles. The highest BCUT2D eigenvalue weighted by molar-refractivity contribution is 5.82. The number of hydrogen-bond donors (Lipinski definition) is 2. The number of benzene rings is 1. The Kier molecular flexibility index (Phi) is 4.56. The van der Waals surface area contributed by atoms with Gasteiger partial charge in [0.15, 0.2) is 0 Å². The molecule has 1 amide bonds. The molecule has 4 heteroatoms. The normalized spacial score (nSPS) is 24.9. The van der Waals surface area contributed by atoms with E-state index in [2.05, 4.69) is 48.3 Å². The van der Waals surface area contributed by atoms with E-state index >= 15 is 0 Å². The molecule has 0 radical (unpaired) electrons. The molecule has 0 aliphatic carbocycles. The Hall–Kier alpha value is -1.39. The average molecular weight is 261 g/mol. The predicted octanol–water partition coefficient (Wildman–Crippen LogP) is 0.890. The fourth-order valence-electron chi connectivity index (χ4n) is 2.51. The van der Waals surface area contributed by atoms with Crippen molar-refractivity contribution in [1.82, 2.24) is 10.2 Å². The third-order valence-corrected chi connectivity index (χ3v) is 3.64. The van der Waals surface area contributed by atoms with Crippen molar-refractivity contribution in [2.75, 3.05) is 19.6 Å². The van der Waals surface area contributed by atoms with Crippen LogP contribution in [0.25, 0.3) is 0 Å². The number of aryl methyl sites for hydroxylation is 1. The van der Waals surface area contributed by atoms with Gasteiger partial charge in [0.1, 0.15) is 6.04 Å². The quantitative estimate of drug-likeness (QED) is 0.849. The molecule has 0 bridgehead atoms. The summed E-state index contributed by atoms with van der Waals surface area (Å²) in [6, 6.07) is 8.24. The molecule has 1 heterocycles. The summed E-state index contributed by atoms with van der Waals surface area (Å²) in [6.07, 6.45) is 0. The number of nitrogens with two attached hydrogens (primary N) is 1. The first kappa shape index (κ1) is 14.0. The molecule has 104 valence electrons.